The van der Waals surface area contributed by atoms with E-state index in [1.165, 1.54) is 0 Å². The number of unbranched alkanes of at least 4 members (excludes halogenated alkanes) is 1. The zero-order valence-corrected chi connectivity index (χ0v) is 11.0. The van der Waals surface area contributed by atoms with Crippen molar-refractivity contribution in [1.82, 2.24) is 0 Å². The van der Waals surface area contributed by atoms with Crippen LogP contribution >= 0.6 is 11.6 Å². The van der Waals surface area contributed by atoms with Crippen molar-refractivity contribution in [2.24, 2.45) is 5.73 Å². The molecule has 0 bridgehead atoms. The molecule has 0 amide bonds. The highest BCUT2D eigenvalue weighted by molar-refractivity contribution is 6.30. The summed E-state index contributed by atoms with van der Waals surface area (Å²) < 4.78 is 5.73. The summed E-state index contributed by atoms with van der Waals surface area (Å²) in [4.78, 5) is 0. The van der Waals surface area contributed by atoms with Crippen LogP contribution in [0.15, 0.2) is 30.9 Å². The third kappa shape index (κ3) is 5.24. The van der Waals surface area contributed by atoms with E-state index in [-0.39, 0.29) is 6.04 Å². The molecule has 1 rings (SSSR count). The molecule has 0 aliphatic carbocycles. The molecule has 1 aromatic rings. The van der Waals surface area contributed by atoms with Crippen LogP contribution in [0, 0.1) is 0 Å². The number of rotatable bonds is 7. The number of hydrogen-bond acceptors (Lipinski definition) is 2. The van der Waals surface area contributed by atoms with Crippen LogP contribution in [-0.4, -0.2) is 12.6 Å². The van der Waals surface area contributed by atoms with Crippen molar-refractivity contribution in [3.8, 4) is 5.75 Å². The Hall–Kier alpha value is -0.990. The van der Waals surface area contributed by atoms with E-state index in [1.54, 1.807) is 0 Å². The third-order valence-corrected chi connectivity index (χ3v) is 2.61. The molecule has 2 N–H and O–H groups in total. The van der Waals surface area contributed by atoms with Gasteiger partial charge in [-0.05, 0) is 49.9 Å². The number of allylic oxidation sites excluding steroid dienone is 1. The standard InChI is InChI=1S/C14H20ClNO/c1-3-4-5-8-17-14-7-6-13(15)10-12(14)9-11(2)16/h3,6-7,10-11H,1,4-5,8-9,16H2,2H3. The van der Waals surface area contributed by atoms with Gasteiger partial charge in [-0.1, -0.05) is 17.7 Å². The minimum atomic E-state index is 0.101. The summed E-state index contributed by atoms with van der Waals surface area (Å²) >= 11 is 5.97. The quantitative estimate of drug-likeness (QED) is 0.596. The molecule has 94 valence electrons. The van der Waals surface area contributed by atoms with E-state index in [4.69, 9.17) is 22.1 Å². The molecule has 0 aliphatic heterocycles. The summed E-state index contributed by atoms with van der Waals surface area (Å²) in [6.07, 6.45) is 4.62. The molecule has 0 aliphatic rings. The van der Waals surface area contributed by atoms with Crippen LogP contribution in [0.3, 0.4) is 0 Å². The first kappa shape index (κ1) is 14.1. The number of ether oxygens (including phenoxy) is 1. The number of hydrogen-bond donors (Lipinski definition) is 1. The lowest BCUT2D eigenvalue weighted by Gasteiger charge is -2.13. The van der Waals surface area contributed by atoms with E-state index in [1.807, 2.05) is 31.2 Å². The molecular weight excluding hydrogens is 234 g/mol. The predicted molar refractivity (Wildman–Crippen MR) is 73.7 cm³/mol. The van der Waals surface area contributed by atoms with E-state index >= 15 is 0 Å². The van der Waals surface area contributed by atoms with Gasteiger partial charge in [-0.15, -0.1) is 6.58 Å². The van der Waals surface area contributed by atoms with Crippen LogP contribution in [-0.2, 0) is 6.42 Å². The summed E-state index contributed by atoms with van der Waals surface area (Å²) in [5.41, 5.74) is 6.88. The van der Waals surface area contributed by atoms with Gasteiger partial charge in [-0.3, -0.25) is 0 Å². The van der Waals surface area contributed by atoms with Crippen molar-refractivity contribution in [3.63, 3.8) is 0 Å². The van der Waals surface area contributed by atoms with Crippen LogP contribution in [0.2, 0.25) is 5.02 Å². The van der Waals surface area contributed by atoms with E-state index in [0.29, 0.717) is 6.61 Å². The Kier molecular flexibility index (Phi) is 6.09. The second-order valence-corrected chi connectivity index (χ2v) is 4.65. The molecule has 0 saturated carbocycles. The monoisotopic (exact) mass is 253 g/mol. The first-order chi connectivity index (χ1) is 8.13. The Bertz CT molecular complexity index is 363. The SMILES string of the molecule is C=CCCCOc1ccc(Cl)cc1CC(C)N. The Morgan fingerprint density at radius 1 is 1.53 bits per heavy atom. The lowest BCUT2D eigenvalue weighted by Crippen LogP contribution is -2.18. The van der Waals surface area contributed by atoms with Gasteiger partial charge in [0.05, 0.1) is 6.61 Å². The van der Waals surface area contributed by atoms with Crippen molar-refractivity contribution < 1.29 is 4.74 Å². The van der Waals surface area contributed by atoms with Gasteiger partial charge in [0.1, 0.15) is 5.75 Å². The summed E-state index contributed by atoms with van der Waals surface area (Å²) in [5, 5.41) is 0.721. The van der Waals surface area contributed by atoms with Crippen molar-refractivity contribution in [2.45, 2.75) is 32.2 Å². The Labute approximate surface area is 108 Å². The number of benzene rings is 1. The molecule has 1 aromatic carbocycles. The van der Waals surface area contributed by atoms with Gasteiger partial charge >= 0.3 is 0 Å². The first-order valence-corrected chi connectivity index (χ1v) is 6.29. The van der Waals surface area contributed by atoms with E-state index in [9.17, 15) is 0 Å². The highest BCUT2D eigenvalue weighted by atomic mass is 35.5. The second-order valence-electron chi connectivity index (χ2n) is 4.21. The summed E-state index contributed by atoms with van der Waals surface area (Å²) in [6, 6.07) is 5.78. The highest BCUT2D eigenvalue weighted by Crippen LogP contribution is 2.24. The molecule has 1 atom stereocenters. The summed E-state index contributed by atoms with van der Waals surface area (Å²) in [6.45, 7) is 6.35. The molecule has 0 radical (unpaired) electrons. The lowest BCUT2D eigenvalue weighted by molar-refractivity contribution is 0.308. The zero-order valence-electron chi connectivity index (χ0n) is 10.3. The fourth-order valence-corrected chi connectivity index (χ4v) is 1.80. The highest BCUT2D eigenvalue weighted by Gasteiger charge is 2.07. The smallest absolute Gasteiger partial charge is 0.122 e. The zero-order chi connectivity index (χ0) is 12.7. The minimum Gasteiger partial charge on any atom is -0.493 e. The summed E-state index contributed by atoms with van der Waals surface area (Å²) in [5.74, 6) is 0.885. The molecule has 2 nitrogen and oxygen atoms in total. The molecule has 0 saturated heterocycles. The van der Waals surface area contributed by atoms with Gasteiger partial charge in [0.2, 0.25) is 0 Å². The van der Waals surface area contributed by atoms with Crippen molar-refractivity contribution >= 4 is 11.6 Å². The van der Waals surface area contributed by atoms with Gasteiger partial charge in [0.15, 0.2) is 0 Å². The molecule has 0 fully saturated rings. The average Bonchev–Trinajstić information content (AvgIpc) is 2.26. The second kappa shape index (κ2) is 7.36. The molecular formula is C14H20ClNO. The van der Waals surface area contributed by atoms with Gasteiger partial charge in [-0.2, -0.15) is 0 Å². The van der Waals surface area contributed by atoms with Gasteiger partial charge in [-0.25, -0.2) is 0 Å². The molecule has 3 heteroatoms. The molecule has 17 heavy (non-hydrogen) atoms. The van der Waals surface area contributed by atoms with Crippen molar-refractivity contribution in [3.05, 3.63) is 41.4 Å². The largest absolute Gasteiger partial charge is 0.493 e. The average molecular weight is 254 g/mol. The van der Waals surface area contributed by atoms with Gasteiger partial charge in [0, 0.05) is 11.1 Å². The van der Waals surface area contributed by atoms with Crippen molar-refractivity contribution in [2.75, 3.05) is 6.61 Å². The van der Waals surface area contributed by atoms with Crippen molar-refractivity contribution in [1.29, 1.82) is 0 Å². The maximum atomic E-state index is 5.97. The lowest BCUT2D eigenvalue weighted by atomic mass is 10.1. The van der Waals surface area contributed by atoms with Gasteiger partial charge in [0.25, 0.3) is 0 Å². The van der Waals surface area contributed by atoms with Crippen LogP contribution in [0.25, 0.3) is 0 Å². The Morgan fingerprint density at radius 2 is 2.29 bits per heavy atom. The number of halogens is 1. The maximum absolute atomic E-state index is 5.97. The Morgan fingerprint density at radius 3 is 2.94 bits per heavy atom. The normalized spacial score (nSPS) is 12.2. The van der Waals surface area contributed by atoms with Crippen LogP contribution in [0.1, 0.15) is 25.3 Å². The van der Waals surface area contributed by atoms with Crippen LogP contribution < -0.4 is 10.5 Å². The molecule has 1 unspecified atom stereocenters. The number of nitrogens with two attached hydrogens (primary N) is 1. The van der Waals surface area contributed by atoms with Gasteiger partial charge < -0.3 is 10.5 Å². The van der Waals surface area contributed by atoms with Crippen LogP contribution in [0.5, 0.6) is 5.75 Å². The first-order valence-electron chi connectivity index (χ1n) is 5.91. The predicted octanol–water partition coefficient (Wildman–Crippen LogP) is 3.57. The van der Waals surface area contributed by atoms with E-state index in [2.05, 4.69) is 6.58 Å². The fraction of sp³-hybridized carbons (Fsp3) is 0.429. The molecule has 0 spiro atoms. The molecule has 0 aromatic heterocycles. The Balaban J connectivity index is 2.65. The fourth-order valence-electron chi connectivity index (χ4n) is 1.61. The minimum absolute atomic E-state index is 0.101. The summed E-state index contributed by atoms with van der Waals surface area (Å²) in [7, 11) is 0. The van der Waals surface area contributed by atoms with E-state index < -0.39 is 0 Å². The van der Waals surface area contributed by atoms with Crippen LogP contribution in [0.4, 0.5) is 0 Å². The topological polar surface area (TPSA) is 35.2 Å². The van der Waals surface area contributed by atoms with E-state index in [0.717, 1.165) is 35.6 Å². The molecule has 0 heterocycles. The maximum Gasteiger partial charge on any atom is 0.122 e. The third-order valence-electron chi connectivity index (χ3n) is 2.37.